The SMILES string of the molecule is CN(C)C(=O)c1[nH]c2cc(Cl)ccc2c(=O)c1C(NC(=O)c1ccc(N2CCCCC2)nc1)c1ccccc1. The predicted octanol–water partition coefficient (Wildman–Crippen LogP) is 4.79. The predicted molar refractivity (Wildman–Crippen MR) is 154 cm³/mol. The molecule has 1 unspecified atom stereocenters. The maximum absolute atomic E-state index is 13.9. The summed E-state index contributed by atoms with van der Waals surface area (Å²) in [6.45, 7) is 1.90. The first-order valence-corrected chi connectivity index (χ1v) is 13.3. The summed E-state index contributed by atoms with van der Waals surface area (Å²) in [5.41, 5.74) is 1.35. The quantitative estimate of drug-likeness (QED) is 0.364. The van der Waals surface area contributed by atoms with Crippen molar-refractivity contribution in [3.63, 3.8) is 0 Å². The maximum Gasteiger partial charge on any atom is 0.270 e. The summed E-state index contributed by atoms with van der Waals surface area (Å²) >= 11 is 6.18. The minimum atomic E-state index is -0.900. The molecule has 1 fully saturated rings. The lowest BCUT2D eigenvalue weighted by atomic mass is 9.94. The standard InChI is InChI=1S/C30H30ClN5O3/c1-35(2)30(39)27-25(28(37)22-13-12-21(31)17-23(22)33-27)26(19-9-5-3-6-10-19)34-29(38)20-11-14-24(32-18-20)36-15-7-4-8-16-36/h3,5-6,9-14,17-18,26H,4,7-8,15-16H2,1-2H3,(H,33,37)(H,34,38). The van der Waals surface area contributed by atoms with Crippen LogP contribution in [-0.2, 0) is 0 Å². The molecule has 2 amide bonds. The zero-order valence-corrected chi connectivity index (χ0v) is 22.7. The van der Waals surface area contributed by atoms with Crippen LogP contribution in [0.5, 0.6) is 0 Å². The van der Waals surface area contributed by atoms with Crippen LogP contribution in [0.1, 0.15) is 57.3 Å². The number of nitrogens with zero attached hydrogens (tertiary/aromatic N) is 3. The number of aromatic amines is 1. The van der Waals surface area contributed by atoms with Crippen molar-refractivity contribution >= 4 is 40.1 Å². The van der Waals surface area contributed by atoms with Gasteiger partial charge in [-0.2, -0.15) is 0 Å². The van der Waals surface area contributed by atoms with E-state index in [1.54, 1.807) is 44.6 Å². The van der Waals surface area contributed by atoms with Gasteiger partial charge in [0.15, 0.2) is 5.43 Å². The van der Waals surface area contributed by atoms with Crippen LogP contribution in [0, 0.1) is 0 Å². The lowest BCUT2D eigenvalue weighted by molar-refractivity contribution is 0.0818. The fraction of sp³-hybridized carbons (Fsp3) is 0.267. The number of halogens is 1. The van der Waals surface area contributed by atoms with E-state index in [1.165, 1.54) is 11.3 Å². The Morgan fingerprint density at radius 2 is 1.77 bits per heavy atom. The van der Waals surface area contributed by atoms with Crippen LogP contribution in [0.3, 0.4) is 0 Å². The highest BCUT2D eigenvalue weighted by Crippen LogP contribution is 2.27. The molecule has 2 aromatic carbocycles. The molecule has 0 spiro atoms. The van der Waals surface area contributed by atoms with Crippen molar-refractivity contribution in [1.29, 1.82) is 0 Å². The van der Waals surface area contributed by atoms with Crippen molar-refractivity contribution in [2.75, 3.05) is 32.1 Å². The molecule has 8 nitrogen and oxygen atoms in total. The van der Waals surface area contributed by atoms with E-state index in [2.05, 4.69) is 20.2 Å². The van der Waals surface area contributed by atoms with Crippen LogP contribution in [0.4, 0.5) is 5.82 Å². The van der Waals surface area contributed by atoms with Crippen molar-refractivity contribution in [3.05, 3.63) is 104 Å². The molecule has 1 atom stereocenters. The Kier molecular flexibility index (Phi) is 7.65. The van der Waals surface area contributed by atoms with Gasteiger partial charge in [0.05, 0.1) is 22.7 Å². The van der Waals surface area contributed by atoms with E-state index in [9.17, 15) is 14.4 Å². The molecule has 1 aliphatic rings. The molecule has 0 saturated carbocycles. The number of H-pyrrole nitrogens is 1. The van der Waals surface area contributed by atoms with Crippen molar-refractivity contribution in [1.82, 2.24) is 20.2 Å². The Morgan fingerprint density at radius 3 is 2.44 bits per heavy atom. The number of nitrogens with one attached hydrogen (secondary N) is 2. The van der Waals surface area contributed by atoms with Gasteiger partial charge in [-0.1, -0.05) is 41.9 Å². The third-order valence-corrected chi connectivity index (χ3v) is 7.24. The van der Waals surface area contributed by atoms with Gasteiger partial charge in [-0.05, 0) is 55.2 Å². The van der Waals surface area contributed by atoms with Gasteiger partial charge < -0.3 is 20.1 Å². The van der Waals surface area contributed by atoms with Crippen LogP contribution in [0.25, 0.3) is 10.9 Å². The van der Waals surface area contributed by atoms with Crippen LogP contribution in [-0.4, -0.2) is 53.9 Å². The Morgan fingerprint density at radius 1 is 1.03 bits per heavy atom. The molecule has 200 valence electrons. The van der Waals surface area contributed by atoms with E-state index < -0.39 is 17.9 Å². The second-order valence-corrected chi connectivity index (χ2v) is 10.3. The fourth-order valence-electron chi connectivity index (χ4n) is 4.96. The lowest BCUT2D eigenvalue weighted by Crippen LogP contribution is -2.36. The highest BCUT2D eigenvalue weighted by molar-refractivity contribution is 6.31. The molecule has 2 aromatic heterocycles. The number of amides is 2. The van der Waals surface area contributed by atoms with Gasteiger partial charge >= 0.3 is 0 Å². The van der Waals surface area contributed by atoms with E-state index in [0.717, 1.165) is 31.7 Å². The topological polar surface area (TPSA) is 98.4 Å². The normalized spacial score (nSPS) is 14.2. The van der Waals surface area contributed by atoms with Gasteiger partial charge in [0.25, 0.3) is 11.8 Å². The molecule has 1 aliphatic heterocycles. The molecule has 0 bridgehead atoms. The Balaban J connectivity index is 1.58. The number of hydrogen-bond donors (Lipinski definition) is 2. The largest absolute Gasteiger partial charge is 0.357 e. The number of aromatic nitrogens is 2. The van der Waals surface area contributed by atoms with Crippen molar-refractivity contribution < 1.29 is 9.59 Å². The summed E-state index contributed by atoms with van der Waals surface area (Å²) < 4.78 is 0. The summed E-state index contributed by atoms with van der Waals surface area (Å²) in [6.07, 6.45) is 5.03. The second kappa shape index (κ2) is 11.3. The fourth-order valence-corrected chi connectivity index (χ4v) is 5.13. The third kappa shape index (κ3) is 5.52. The molecule has 0 aliphatic carbocycles. The number of pyridine rings is 2. The average Bonchev–Trinajstić information content (AvgIpc) is 2.96. The summed E-state index contributed by atoms with van der Waals surface area (Å²) in [6, 6.07) is 16.7. The Bertz CT molecular complexity index is 1560. The number of anilines is 1. The highest BCUT2D eigenvalue weighted by Gasteiger charge is 2.29. The summed E-state index contributed by atoms with van der Waals surface area (Å²) in [5, 5.41) is 3.81. The van der Waals surface area contributed by atoms with E-state index in [1.807, 2.05) is 36.4 Å². The van der Waals surface area contributed by atoms with Gasteiger partial charge in [-0.15, -0.1) is 0 Å². The van der Waals surface area contributed by atoms with E-state index >= 15 is 0 Å². The third-order valence-electron chi connectivity index (χ3n) is 7.01. The minimum Gasteiger partial charge on any atom is -0.357 e. The number of hydrogen-bond acceptors (Lipinski definition) is 5. The molecule has 5 rings (SSSR count). The molecule has 0 radical (unpaired) electrons. The van der Waals surface area contributed by atoms with Crippen molar-refractivity contribution in [2.45, 2.75) is 25.3 Å². The molecule has 2 N–H and O–H groups in total. The van der Waals surface area contributed by atoms with E-state index in [0.29, 0.717) is 27.1 Å². The van der Waals surface area contributed by atoms with Gasteiger partial charge in [-0.25, -0.2) is 4.98 Å². The molecule has 1 saturated heterocycles. The Labute approximate surface area is 231 Å². The molecule has 3 heterocycles. The monoisotopic (exact) mass is 543 g/mol. The first kappa shape index (κ1) is 26.4. The van der Waals surface area contributed by atoms with Gasteiger partial charge in [0.2, 0.25) is 0 Å². The van der Waals surface area contributed by atoms with Crippen molar-refractivity contribution in [2.24, 2.45) is 0 Å². The van der Waals surface area contributed by atoms with Crippen molar-refractivity contribution in [3.8, 4) is 0 Å². The van der Waals surface area contributed by atoms with Crippen LogP contribution in [0.15, 0.2) is 71.7 Å². The van der Waals surface area contributed by atoms with Gasteiger partial charge in [-0.3, -0.25) is 14.4 Å². The molecule has 39 heavy (non-hydrogen) atoms. The van der Waals surface area contributed by atoms with E-state index in [4.69, 9.17) is 11.6 Å². The Hall–Kier alpha value is -4.17. The molecular weight excluding hydrogens is 514 g/mol. The minimum absolute atomic E-state index is 0.0903. The first-order chi connectivity index (χ1) is 18.8. The van der Waals surface area contributed by atoms with E-state index in [-0.39, 0.29) is 16.7 Å². The number of carbonyl (C=O) groups excluding carboxylic acids is 2. The maximum atomic E-state index is 13.9. The average molecular weight is 544 g/mol. The smallest absolute Gasteiger partial charge is 0.270 e. The zero-order chi connectivity index (χ0) is 27.5. The van der Waals surface area contributed by atoms with Gasteiger partial charge in [0, 0.05) is 43.8 Å². The van der Waals surface area contributed by atoms with Gasteiger partial charge in [0.1, 0.15) is 11.5 Å². The summed E-state index contributed by atoms with van der Waals surface area (Å²) in [4.78, 5) is 52.1. The summed E-state index contributed by atoms with van der Waals surface area (Å²) in [7, 11) is 3.22. The lowest BCUT2D eigenvalue weighted by Gasteiger charge is -2.27. The highest BCUT2D eigenvalue weighted by atomic mass is 35.5. The number of rotatable bonds is 6. The number of fused-ring (bicyclic) bond motifs is 1. The number of piperidine rings is 1. The molecule has 4 aromatic rings. The number of benzene rings is 2. The zero-order valence-electron chi connectivity index (χ0n) is 21.9. The molecule has 9 heteroatoms. The van der Waals surface area contributed by atoms with Crippen LogP contribution in [0.2, 0.25) is 5.02 Å². The van der Waals surface area contributed by atoms with Crippen LogP contribution < -0.4 is 15.6 Å². The first-order valence-electron chi connectivity index (χ1n) is 13.0. The molecular formula is C30H30ClN5O3. The summed E-state index contributed by atoms with van der Waals surface area (Å²) in [5.74, 6) is 0.0430. The number of carbonyl (C=O) groups is 2. The second-order valence-electron chi connectivity index (χ2n) is 9.90. The van der Waals surface area contributed by atoms with Crippen LogP contribution >= 0.6 is 11.6 Å².